The average Bonchev–Trinajstić information content (AvgIpc) is 3.27. The van der Waals surface area contributed by atoms with Gasteiger partial charge in [-0.2, -0.15) is 5.26 Å². The molecule has 2 aliphatic carbocycles. The van der Waals surface area contributed by atoms with Gasteiger partial charge in [0.2, 0.25) is 0 Å². The number of rotatable bonds is 6. The van der Waals surface area contributed by atoms with Crippen molar-refractivity contribution in [2.75, 3.05) is 10.6 Å². The molecule has 0 saturated heterocycles. The Balaban J connectivity index is 1.55. The lowest BCUT2D eigenvalue weighted by atomic mass is 9.91. The molecule has 0 bridgehead atoms. The number of anilines is 3. The Hall–Kier alpha value is -3.32. The number of hydrogen-bond donors (Lipinski definition) is 4. The smallest absolute Gasteiger partial charge is 0.274 e. The lowest BCUT2D eigenvalue weighted by molar-refractivity contribution is 0.0932. The Labute approximate surface area is 181 Å². The van der Waals surface area contributed by atoms with Crippen molar-refractivity contribution in [1.82, 2.24) is 25.5 Å². The molecule has 31 heavy (non-hydrogen) atoms. The molecular formula is C21H27N9O. The third kappa shape index (κ3) is 5.44. The molecule has 10 nitrogen and oxygen atoms in total. The summed E-state index contributed by atoms with van der Waals surface area (Å²) in [7, 11) is 0. The van der Waals surface area contributed by atoms with Crippen molar-refractivity contribution < 1.29 is 4.79 Å². The van der Waals surface area contributed by atoms with Crippen LogP contribution < -0.4 is 21.7 Å². The van der Waals surface area contributed by atoms with Gasteiger partial charge in [-0.15, -0.1) is 10.2 Å². The van der Waals surface area contributed by atoms with E-state index in [1.54, 1.807) is 6.07 Å². The molecule has 2 atom stereocenters. The van der Waals surface area contributed by atoms with Crippen LogP contribution in [0.4, 0.5) is 17.3 Å². The van der Waals surface area contributed by atoms with Crippen LogP contribution in [0, 0.1) is 11.3 Å². The van der Waals surface area contributed by atoms with Gasteiger partial charge in [0, 0.05) is 24.2 Å². The van der Waals surface area contributed by atoms with Crippen molar-refractivity contribution in [2.24, 2.45) is 5.73 Å². The van der Waals surface area contributed by atoms with Gasteiger partial charge in [-0.25, -0.2) is 9.97 Å². The van der Waals surface area contributed by atoms with Crippen molar-refractivity contribution in [3.63, 3.8) is 0 Å². The predicted molar refractivity (Wildman–Crippen MR) is 116 cm³/mol. The number of nitrogens with zero attached hydrogens (tertiary/aromatic N) is 5. The topological polar surface area (TPSA) is 155 Å². The standard InChI is InChI=1S/C21H27N9O/c22-10-16-11-25-19(12-24-16)28-18-9-17(26-15-7-3-4-13(23)8-15)20(30-29-18)21(31)27-14-5-1-2-6-14/h9,11-15H,1-8,23H2,(H,27,31)(H2,25,26,28,29). The van der Waals surface area contributed by atoms with E-state index in [2.05, 4.69) is 36.1 Å². The summed E-state index contributed by atoms with van der Waals surface area (Å²) in [6.45, 7) is 0. The van der Waals surface area contributed by atoms with Gasteiger partial charge in [-0.1, -0.05) is 12.8 Å². The zero-order chi connectivity index (χ0) is 21.6. The highest BCUT2D eigenvalue weighted by Crippen LogP contribution is 2.26. The van der Waals surface area contributed by atoms with Crippen molar-refractivity contribution in [3.8, 4) is 6.07 Å². The van der Waals surface area contributed by atoms with Gasteiger partial charge in [0.1, 0.15) is 11.9 Å². The first-order valence-electron chi connectivity index (χ1n) is 10.8. The number of carbonyl (C=O) groups is 1. The van der Waals surface area contributed by atoms with E-state index in [9.17, 15) is 4.79 Å². The van der Waals surface area contributed by atoms with Crippen LogP contribution in [0.5, 0.6) is 0 Å². The summed E-state index contributed by atoms with van der Waals surface area (Å²) < 4.78 is 0. The van der Waals surface area contributed by atoms with Gasteiger partial charge >= 0.3 is 0 Å². The van der Waals surface area contributed by atoms with Crippen LogP contribution in [0.25, 0.3) is 0 Å². The fourth-order valence-electron chi connectivity index (χ4n) is 4.21. The molecule has 10 heteroatoms. The van der Waals surface area contributed by atoms with Crippen LogP contribution in [0.2, 0.25) is 0 Å². The molecule has 0 aromatic carbocycles. The SMILES string of the molecule is N#Cc1cnc(Nc2cc(NC3CCCC(N)C3)c(C(=O)NC3CCCC3)nn2)cn1. The lowest BCUT2D eigenvalue weighted by Crippen LogP contribution is -2.37. The second kappa shape index (κ2) is 9.66. The quantitative estimate of drug-likeness (QED) is 0.549. The molecule has 2 aromatic rings. The largest absolute Gasteiger partial charge is 0.380 e. The van der Waals surface area contributed by atoms with Crippen molar-refractivity contribution >= 4 is 23.2 Å². The molecule has 2 fully saturated rings. The van der Waals surface area contributed by atoms with Gasteiger partial charge in [-0.05, 0) is 38.5 Å². The molecule has 2 saturated carbocycles. The number of nitrogens with two attached hydrogens (primary N) is 1. The minimum atomic E-state index is -0.216. The van der Waals surface area contributed by atoms with Crippen LogP contribution >= 0.6 is 0 Å². The van der Waals surface area contributed by atoms with Crippen LogP contribution in [-0.4, -0.2) is 44.2 Å². The number of carbonyl (C=O) groups excluding carboxylic acids is 1. The summed E-state index contributed by atoms with van der Waals surface area (Å²) in [4.78, 5) is 21.1. The van der Waals surface area contributed by atoms with Crippen molar-refractivity contribution in [2.45, 2.75) is 69.5 Å². The molecule has 2 heterocycles. The first-order valence-corrected chi connectivity index (χ1v) is 10.8. The maximum atomic E-state index is 12.9. The minimum absolute atomic E-state index is 0.156. The fourth-order valence-corrected chi connectivity index (χ4v) is 4.21. The number of nitrogens with one attached hydrogen (secondary N) is 3. The lowest BCUT2D eigenvalue weighted by Gasteiger charge is -2.28. The van der Waals surface area contributed by atoms with Crippen molar-refractivity contribution in [3.05, 3.63) is 29.8 Å². The molecule has 0 radical (unpaired) electrons. The second-order valence-electron chi connectivity index (χ2n) is 8.24. The molecule has 162 valence electrons. The second-order valence-corrected chi connectivity index (χ2v) is 8.24. The summed E-state index contributed by atoms with van der Waals surface area (Å²) in [5.41, 5.74) is 7.27. The van der Waals surface area contributed by atoms with E-state index in [1.807, 2.05) is 6.07 Å². The molecular weight excluding hydrogens is 394 g/mol. The van der Waals surface area contributed by atoms with Crippen LogP contribution in [-0.2, 0) is 0 Å². The summed E-state index contributed by atoms with van der Waals surface area (Å²) in [5, 5.41) is 26.8. The zero-order valence-corrected chi connectivity index (χ0v) is 17.3. The molecule has 1 amide bonds. The van der Waals surface area contributed by atoms with E-state index in [4.69, 9.17) is 11.0 Å². The monoisotopic (exact) mass is 421 g/mol. The molecule has 0 aliphatic heterocycles. The van der Waals surface area contributed by atoms with Gasteiger partial charge in [0.25, 0.3) is 5.91 Å². The maximum absolute atomic E-state index is 12.9. The Morgan fingerprint density at radius 1 is 1.03 bits per heavy atom. The number of hydrogen-bond acceptors (Lipinski definition) is 9. The van der Waals surface area contributed by atoms with Gasteiger partial charge in [0.15, 0.2) is 17.2 Å². The number of amides is 1. The minimum Gasteiger partial charge on any atom is -0.380 e. The maximum Gasteiger partial charge on any atom is 0.274 e. The van der Waals surface area contributed by atoms with Gasteiger partial charge < -0.3 is 21.7 Å². The normalized spacial score (nSPS) is 21.3. The van der Waals surface area contributed by atoms with Crippen LogP contribution in [0.3, 0.4) is 0 Å². The molecule has 0 spiro atoms. The predicted octanol–water partition coefficient (Wildman–Crippen LogP) is 2.24. The van der Waals surface area contributed by atoms with E-state index >= 15 is 0 Å². The summed E-state index contributed by atoms with van der Waals surface area (Å²) in [5.74, 6) is 0.646. The molecule has 4 rings (SSSR count). The Bertz CT molecular complexity index is 950. The fraction of sp³-hybridized carbons (Fsp3) is 0.524. The Kier molecular flexibility index (Phi) is 6.52. The van der Waals surface area contributed by atoms with Crippen LogP contribution in [0.15, 0.2) is 18.5 Å². The first-order chi connectivity index (χ1) is 15.1. The highest BCUT2D eigenvalue weighted by Gasteiger charge is 2.25. The van der Waals surface area contributed by atoms with E-state index in [0.717, 1.165) is 51.4 Å². The number of aromatic nitrogens is 4. The zero-order valence-electron chi connectivity index (χ0n) is 17.3. The van der Waals surface area contributed by atoms with E-state index in [-0.39, 0.29) is 35.4 Å². The summed E-state index contributed by atoms with van der Waals surface area (Å²) in [6, 6.07) is 4.21. The van der Waals surface area contributed by atoms with E-state index in [0.29, 0.717) is 17.3 Å². The Morgan fingerprint density at radius 2 is 1.84 bits per heavy atom. The molecule has 5 N–H and O–H groups in total. The van der Waals surface area contributed by atoms with Crippen LogP contribution in [0.1, 0.15) is 67.5 Å². The highest BCUT2D eigenvalue weighted by atomic mass is 16.2. The summed E-state index contributed by atoms with van der Waals surface area (Å²) in [6.07, 6.45) is 11.0. The average molecular weight is 422 g/mol. The third-order valence-electron chi connectivity index (χ3n) is 5.80. The highest BCUT2D eigenvalue weighted by molar-refractivity contribution is 5.98. The van der Waals surface area contributed by atoms with Crippen molar-refractivity contribution in [1.29, 1.82) is 5.26 Å². The molecule has 2 aliphatic rings. The van der Waals surface area contributed by atoms with E-state index < -0.39 is 0 Å². The Morgan fingerprint density at radius 3 is 2.55 bits per heavy atom. The first kappa shape index (κ1) is 20.9. The van der Waals surface area contributed by atoms with Gasteiger partial charge in [-0.3, -0.25) is 4.79 Å². The number of nitriles is 1. The third-order valence-corrected chi connectivity index (χ3v) is 5.80. The van der Waals surface area contributed by atoms with E-state index in [1.165, 1.54) is 12.4 Å². The summed E-state index contributed by atoms with van der Waals surface area (Å²) >= 11 is 0. The molecule has 2 unspecified atom stereocenters. The molecule has 2 aromatic heterocycles. The van der Waals surface area contributed by atoms with Gasteiger partial charge in [0.05, 0.1) is 18.1 Å².